The van der Waals surface area contributed by atoms with Crippen molar-refractivity contribution in [3.8, 4) is 5.75 Å². The number of fused-ring (bicyclic) bond motifs is 3. The number of methoxy groups -OCH3 is 1. The van der Waals surface area contributed by atoms with Crippen molar-refractivity contribution in [3.05, 3.63) is 65.7 Å². The Kier molecular flexibility index (Phi) is 4.14. The first-order valence-corrected chi connectivity index (χ1v) is 8.35. The van der Waals surface area contributed by atoms with Crippen LogP contribution < -0.4 is 15.4 Å². The molecule has 1 aromatic heterocycles. The molecule has 2 N–H and O–H groups in total. The van der Waals surface area contributed by atoms with E-state index in [0.29, 0.717) is 27.7 Å². The summed E-state index contributed by atoms with van der Waals surface area (Å²) in [6.45, 7) is 0. The Balaban J connectivity index is 1.66. The Morgan fingerprint density at radius 1 is 0.962 bits per heavy atom. The zero-order valence-corrected chi connectivity index (χ0v) is 14.6. The smallest absolute Gasteiger partial charge is 0.323 e. The number of benzene rings is 3. The van der Waals surface area contributed by atoms with Crippen LogP contribution in [0, 0.1) is 0 Å². The average molecular weight is 367 g/mol. The predicted octanol–water partition coefficient (Wildman–Crippen LogP) is 5.89. The van der Waals surface area contributed by atoms with Gasteiger partial charge in [0.25, 0.3) is 0 Å². The first kappa shape index (κ1) is 16.3. The summed E-state index contributed by atoms with van der Waals surface area (Å²) < 4.78 is 11.3. The summed E-state index contributed by atoms with van der Waals surface area (Å²) in [7, 11) is 1.56. The molecular weight excluding hydrogens is 352 g/mol. The van der Waals surface area contributed by atoms with E-state index in [1.54, 1.807) is 37.4 Å². The summed E-state index contributed by atoms with van der Waals surface area (Å²) in [5, 5.41) is 7.99. The highest BCUT2D eigenvalue weighted by atomic mass is 35.5. The highest BCUT2D eigenvalue weighted by Gasteiger charge is 2.14. The molecule has 130 valence electrons. The fraction of sp³-hybridized carbons (Fsp3) is 0.0500. The molecule has 0 aliphatic heterocycles. The molecule has 3 aromatic carbocycles. The van der Waals surface area contributed by atoms with Gasteiger partial charge in [0.05, 0.1) is 12.8 Å². The maximum atomic E-state index is 12.3. The van der Waals surface area contributed by atoms with Crippen LogP contribution in [-0.4, -0.2) is 13.1 Å². The molecule has 26 heavy (non-hydrogen) atoms. The number of carbonyl (C=O) groups is 1. The number of halogens is 1. The van der Waals surface area contributed by atoms with Gasteiger partial charge in [0.15, 0.2) is 0 Å². The van der Waals surface area contributed by atoms with Gasteiger partial charge in [-0.2, -0.15) is 0 Å². The summed E-state index contributed by atoms with van der Waals surface area (Å²) in [5.74, 6) is 0.547. The molecule has 0 spiro atoms. The van der Waals surface area contributed by atoms with E-state index in [1.807, 2.05) is 30.3 Å². The summed E-state index contributed by atoms with van der Waals surface area (Å²) in [4.78, 5) is 12.3. The number of ether oxygens (including phenoxy) is 1. The fourth-order valence-corrected chi connectivity index (χ4v) is 3.06. The molecule has 0 bridgehead atoms. The lowest BCUT2D eigenvalue weighted by Crippen LogP contribution is -2.19. The summed E-state index contributed by atoms with van der Waals surface area (Å²) in [6, 6.07) is 17.9. The molecule has 0 saturated heterocycles. The van der Waals surface area contributed by atoms with Crippen molar-refractivity contribution in [3.63, 3.8) is 0 Å². The molecule has 0 unspecified atom stereocenters. The third kappa shape index (κ3) is 3.05. The molecule has 4 rings (SSSR count). The highest BCUT2D eigenvalue weighted by molar-refractivity contribution is 6.30. The monoisotopic (exact) mass is 366 g/mol. The van der Waals surface area contributed by atoms with Crippen molar-refractivity contribution in [2.75, 3.05) is 17.7 Å². The molecule has 0 saturated carbocycles. The molecule has 0 atom stereocenters. The predicted molar refractivity (Wildman–Crippen MR) is 104 cm³/mol. The quantitative estimate of drug-likeness (QED) is 0.475. The molecule has 0 fully saturated rings. The maximum Gasteiger partial charge on any atom is 0.323 e. The number of hydrogen-bond acceptors (Lipinski definition) is 3. The standard InChI is InChI=1S/C20H15ClN2O3/c1-25-19-10-15-14-7-2-3-8-17(14)26-18(15)11-16(19)23-20(24)22-13-6-4-5-12(21)9-13/h2-11H,1H3,(H2,22,23,24). The van der Waals surface area contributed by atoms with Gasteiger partial charge in [0.1, 0.15) is 16.9 Å². The van der Waals surface area contributed by atoms with Crippen molar-refractivity contribution in [1.29, 1.82) is 0 Å². The average Bonchev–Trinajstić information content (AvgIpc) is 2.98. The second kappa shape index (κ2) is 6.61. The molecule has 1 heterocycles. The Labute approximate surface area is 154 Å². The third-order valence-electron chi connectivity index (χ3n) is 4.03. The van der Waals surface area contributed by atoms with Crippen LogP contribution in [-0.2, 0) is 0 Å². The number of nitrogens with one attached hydrogen (secondary N) is 2. The van der Waals surface area contributed by atoms with Gasteiger partial charge in [-0.25, -0.2) is 4.79 Å². The number of amides is 2. The van der Waals surface area contributed by atoms with E-state index in [9.17, 15) is 4.79 Å². The van der Waals surface area contributed by atoms with Gasteiger partial charge in [-0.1, -0.05) is 35.9 Å². The van der Waals surface area contributed by atoms with Crippen LogP contribution in [0.15, 0.2) is 65.1 Å². The van der Waals surface area contributed by atoms with Gasteiger partial charge in [-0.15, -0.1) is 0 Å². The first-order chi connectivity index (χ1) is 12.6. The summed E-state index contributed by atoms with van der Waals surface area (Å²) in [5.41, 5.74) is 2.56. The first-order valence-electron chi connectivity index (χ1n) is 7.97. The molecule has 0 aliphatic rings. The Morgan fingerprint density at radius 3 is 2.62 bits per heavy atom. The maximum absolute atomic E-state index is 12.3. The van der Waals surface area contributed by atoms with E-state index >= 15 is 0 Å². The van der Waals surface area contributed by atoms with Crippen LogP contribution >= 0.6 is 11.6 Å². The second-order valence-electron chi connectivity index (χ2n) is 5.74. The van der Waals surface area contributed by atoms with Crippen LogP contribution in [0.4, 0.5) is 16.2 Å². The number of furan rings is 1. The molecule has 0 aliphatic carbocycles. The van der Waals surface area contributed by atoms with Gasteiger partial charge in [0.2, 0.25) is 0 Å². The van der Waals surface area contributed by atoms with E-state index < -0.39 is 6.03 Å². The number of rotatable bonds is 3. The topological polar surface area (TPSA) is 63.5 Å². The molecule has 6 heteroatoms. The van der Waals surface area contributed by atoms with E-state index in [0.717, 1.165) is 16.4 Å². The number of hydrogen-bond donors (Lipinski definition) is 2. The van der Waals surface area contributed by atoms with Gasteiger partial charge >= 0.3 is 6.03 Å². The third-order valence-corrected chi connectivity index (χ3v) is 4.26. The molecular formula is C20H15ClN2O3. The van der Waals surface area contributed by atoms with Gasteiger partial charge < -0.3 is 19.8 Å². The SMILES string of the molecule is COc1cc2c(cc1NC(=O)Nc1cccc(Cl)c1)oc1ccccc12. The number of para-hydroxylation sites is 1. The van der Waals surface area contributed by atoms with Crippen molar-refractivity contribution in [1.82, 2.24) is 0 Å². The normalized spacial score (nSPS) is 10.8. The fourth-order valence-electron chi connectivity index (χ4n) is 2.87. The zero-order chi connectivity index (χ0) is 18.1. The van der Waals surface area contributed by atoms with Crippen molar-refractivity contribution in [2.24, 2.45) is 0 Å². The van der Waals surface area contributed by atoms with Crippen LogP contribution in [0.25, 0.3) is 21.9 Å². The molecule has 5 nitrogen and oxygen atoms in total. The minimum Gasteiger partial charge on any atom is -0.495 e. The van der Waals surface area contributed by atoms with Gasteiger partial charge in [0, 0.05) is 27.5 Å². The lowest BCUT2D eigenvalue weighted by atomic mass is 10.1. The molecule has 2 amide bonds. The van der Waals surface area contributed by atoms with Crippen molar-refractivity contribution >= 4 is 50.9 Å². The largest absolute Gasteiger partial charge is 0.495 e. The Bertz CT molecular complexity index is 1120. The van der Waals surface area contributed by atoms with Gasteiger partial charge in [-0.05, 0) is 30.3 Å². The number of urea groups is 1. The van der Waals surface area contributed by atoms with E-state index in [1.165, 1.54) is 0 Å². The van der Waals surface area contributed by atoms with Crippen LogP contribution in [0.2, 0.25) is 5.02 Å². The van der Waals surface area contributed by atoms with Crippen LogP contribution in [0.3, 0.4) is 0 Å². The summed E-state index contributed by atoms with van der Waals surface area (Å²) in [6.07, 6.45) is 0. The van der Waals surface area contributed by atoms with Crippen molar-refractivity contribution in [2.45, 2.75) is 0 Å². The highest BCUT2D eigenvalue weighted by Crippen LogP contribution is 2.36. The zero-order valence-electron chi connectivity index (χ0n) is 13.9. The van der Waals surface area contributed by atoms with Crippen LogP contribution in [0.5, 0.6) is 5.75 Å². The van der Waals surface area contributed by atoms with Crippen molar-refractivity contribution < 1.29 is 13.9 Å². The van der Waals surface area contributed by atoms with E-state index in [4.69, 9.17) is 20.8 Å². The van der Waals surface area contributed by atoms with Crippen LogP contribution in [0.1, 0.15) is 0 Å². The molecule has 0 radical (unpaired) electrons. The Hall–Kier alpha value is -3.18. The lowest BCUT2D eigenvalue weighted by molar-refractivity contribution is 0.262. The summed E-state index contributed by atoms with van der Waals surface area (Å²) >= 11 is 5.94. The van der Waals surface area contributed by atoms with Gasteiger partial charge in [-0.3, -0.25) is 0 Å². The molecule has 4 aromatic rings. The minimum atomic E-state index is -0.402. The minimum absolute atomic E-state index is 0.402. The van der Waals surface area contributed by atoms with E-state index in [2.05, 4.69) is 10.6 Å². The lowest BCUT2D eigenvalue weighted by Gasteiger charge is -2.11. The van der Waals surface area contributed by atoms with E-state index in [-0.39, 0.29) is 0 Å². The second-order valence-corrected chi connectivity index (χ2v) is 6.17. The number of carbonyl (C=O) groups excluding carboxylic acids is 1. The number of anilines is 2. The Morgan fingerprint density at radius 2 is 1.81 bits per heavy atom.